The Kier molecular flexibility index (Phi) is 9.53. The maximum absolute atomic E-state index is 2.48. The van der Waals surface area contributed by atoms with Gasteiger partial charge >= 0.3 is 0 Å². The first-order chi connectivity index (χ1) is 41.0. The van der Waals surface area contributed by atoms with Crippen LogP contribution >= 0.6 is 0 Å². The van der Waals surface area contributed by atoms with Crippen molar-refractivity contribution in [1.29, 1.82) is 0 Å². The largest absolute Gasteiger partial charge is 0.344 e. The fourth-order valence-electron chi connectivity index (χ4n) is 16.3. The number of fused-ring (bicyclic) bond motifs is 14. The van der Waals surface area contributed by atoms with Crippen LogP contribution in [0.1, 0.15) is 49.9 Å². The highest BCUT2D eigenvalue weighted by molar-refractivity contribution is 6.26. The van der Waals surface area contributed by atoms with Crippen molar-refractivity contribution >= 4 is 76.6 Å². The van der Waals surface area contributed by atoms with Crippen LogP contribution in [0.15, 0.2) is 243 Å². The van der Waals surface area contributed by atoms with Crippen LogP contribution in [0.3, 0.4) is 0 Å². The van der Waals surface area contributed by atoms with Crippen molar-refractivity contribution in [3.8, 4) is 89.0 Å². The number of rotatable bonds is 4. The zero-order valence-electron chi connectivity index (χ0n) is 48.0. The van der Waals surface area contributed by atoms with Crippen LogP contribution < -0.4 is 9.80 Å². The Bertz CT molecular complexity index is 4860. The molecule has 0 fully saturated rings. The number of benzene rings is 14. The quantitative estimate of drug-likeness (QED) is 0.162. The predicted molar refractivity (Wildman–Crippen MR) is 358 cm³/mol. The van der Waals surface area contributed by atoms with Gasteiger partial charge in [-0.3, -0.25) is 0 Å². The number of hydrogen-bond donors (Lipinski definition) is 0. The average Bonchev–Trinajstić information content (AvgIpc) is 1.08. The molecule has 4 aliphatic rings. The molecule has 14 aromatic rings. The van der Waals surface area contributed by atoms with E-state index in [4.69, 9.17) is 0 Å². The third-order valence-corrected chi connectivity index (χ3v) is 20.3. The fourth-order valence-corrected chi connectivity index (χ4v) is 16.3. The van der Waals surface area contributed by atoms with Crippen molar-refractivity contribution in [3.05, 3.63) is 265 Å². The molecule has 0 N–H and O–H groups in total. The molecule has 2 aliphatic carbocycles. The third kappa shape index (κ3) is 6.19. The van der Waals surface area contributed by atoms with Gasteiger partial charge in [-0.2, -0.15) is 0 Å². The van der Waals surface area contributed by atoms with Gasteiger partial charge in [0.15, 0.2) is 0 Å². The van der Waals surface area contributed by atoms with Gasteiger partial charge in [-0.15, -0.1) is 0 Å². The highest BCUT2D eigenvalue weighted by atomic mass is 15.1. The zero-order chi connectivity index (χ0) is 56.1. The SMILES string of the molecule is CN1c2cc(-c3c4ccccc4c(-c4ccc5c(c4)C(C)(C)c4ccccc4-5)c4ccccc34)ccc2-c2ccc3c4c(ccc1c24)N(C)c1cc(-c2c4ccccc4c(-c4ccc5c(c4)C(C)(C)c4ccccc4-5)c4ccccc24)ccc1-3. The first-order valence-electron chi connectivity index (χ1n) is 29.8. The molecule has 0 spiro atoms. The Labute approximate surface area is 490 Å². The van der Waals surface area contributed by atoms with Crippen molar-refractivity contribution < 1.29 is 0 Å². The van der Waals surface area contributed by atoms with E-state index in [0.29, 0.717) is 0 Å². The van der Waals surface area contributed by atoms with E-state index in [-0.39, 0.29) is 10.8 Å². The van der Waals surface area contributed by atoms with E-state index >= 15 is 0 Å². The lowest BCUT2D eigenvalue weighted by atomic mass is 9.80. The Hall–Kier alpha value is -10.0. The summed E-state index contributed by atoms with van der Waals surface area (Å²) in [6.45, 7) is 9.52. The molecular formula is C82H58N2. The monoisotopic (exact) mass is 1070 g/mol. The van der Waals surface area contributed by atoms with Gasteiger partial charge in [-0.1, -0.05) is 234 Å². The number of nitrogens with zero attached hydrogens (tertiary/aromatic N) is 2. The summed E-state index contributed by atoms with van der Waals surface area (Å²) in [4.78, 5) is 4.89. The first kappa shape index (κ1) is 47.6. The lowest BCUT2D eigenvalue weighted by Crippen LogP contribution is -2.19. The van der Waals surface area contributed by atoms with Gasteiger partial charge in [0.1, 0.15) is 0 Å². The van der Waals surface area contributed by atoms with E-state index in [0.717, 1.165) is 0 Å². The molecule has 2 heterocycles. The van der Waals surface area contributed by atoms with Crippen LogP contribution in [0.5, 0.6) is 0 Å². The molecule has 0 unspecified atom stereocenters. The smallest absolute Gasteiger partial charge is 0.0496 e. The Morgan fingerprint density at radius 3 is 0.821 bits per heavy atom. The van der Waals surface area contributed by atoms with E-state index in [1.165, 1.54) is 188 Å². The van der Waals surface area contributed by atoms with Crippen molar-refractivity contribution in [1.82, 2.24) is 0 Å². The highest BCUT2D eigenvalue weighted by Gasteiger charge is 2.38. The van der Waals surface area contributed by atoms with Gasteiger partial charge in [0.2, 0.25) is 0 Å². The fraction of sp³-hybridized carbons (Fsp3) is 0.0976. The molecule has 0 radical (unpaired) electrons. The van der Waals surface area contributed by atoms with Crippen LogP contribution in [0.2, 0.25) is 0 Å². The summed E-state index contributed by atoms with van der Waals surface area (Å²) >= 11 is 0. The maximum atomic E-state index is 2.48. The second-order valence-electron chi connectivity index (χ2n) is 25.1. The lowest BCUT2D eigenvalue weighted by molar-refractivity contribution is 0.660. The van der Waals surface area contributed by atoms with Crippen LogP contribution in [0.25, 0.3) is 143 Å². The summed E-state index contributed by atoms with van der Waals surface area (Å²) in [7, 11) is 4.53. The van der Waals surface area contributed by atoms with Gasteiger partial charge in [0.05, 0.1) is 0 Å². The molecule has 0 amide bonds. The van der Waals surface area contributed by atoms with Gasteiger partial charge in [-0.05, 0) is 180 Å². The third-order valence-electron chi connectivity index (χ3n) is 20.3. The minimum atomic E-state index is -0.0890. The lowest BCUT2D eigenvalue weighted by Gasteiger charge is -2.36. The molecule has 18 rings (SSSR count). The Balaban J connectivity index is 0.750. The molecule has 0 saturated heterocycles. The molecule has 2 nitrogen and oxygen atoms in total. The zero-order valence-corrected chi connectivity index (χ0v) is 48.0. The second-order valence-corrected chi connectivity index (χ2v) is 25.1. The molecule has 396 valence electrons. The highest BCUT2D eigenvalue weighted by Crippen LogP contribution is 2.59. The van der Waals surface area contributed by atoms with E-state index < -0.39 is 0 Å². The molecule has 0 aromatic heterocycles. The summed E-state index contributed by atoms with van der Waals surface area (Å²) in [6.07, 6.45) is 0. The molecule has 0 saturated carbocycles. The summed E-state index contributed by atoms with van der Waals surface area (Å²) in [5.74, 6) is 0. The number of hydrogen-bond acceptors (Lipinski definition) is 2. The van der Waals surface area contributed by atoms with E-state index in [1.54, 1.807) is 0 Å². The van der Waals surface area contributed by atoms with Crippen molar-refractivity contribution in [2.45, 2.75) is 38.5 Å². The van der Waals surface area contributed by atoms with Gasteiger partial charge in [0, 0.05) is 69.6 Å². The van der Waals surface area contributed by atoms with Gasteiger partial charge in [-0.25, -0.2) is 0 Å². The molecule has 0 bridgehead atoms. The molecule has 0 atom stereocenters. The van der Waals surface area contributed by atoms with Crippen molar-refractivity contribution in [2.24, 2.45) is 0 Å². The van der Waals surface area contributed by atoms with Crippen molar-refractivity contribution in [3.63, 3.8) is 0 Å². The molecule has 14 aromatic carbocycles. The molecule has 84 heavy (non-hydrogen) atoms. The Morgan fingerprint density at radius 1 is 0.226 bits per heavy atom. The standard InChI is InChI=1S/C82H58N2/c1-81(2)67-29-17-15-19-51(67)53-35-31-47(43-69(53)81)75-57-21-7-11-25-61(57)77(62-26-12-8-22-58(62)75)49-33-37-55-65-39-40-66-56-38-34-50(46-74(56)84(6)72-42-41-71(79(65)80(66)72)83(5)73(55)45-49)78-63-27-13-9-23-59(63)76(60-24-10-14-28-64(60)78)48-32-36-54-52-20-16-18-30-68(52)82(3,4)70(54)44-48/h7-46H,1-6H3. The normalized spacial score (nSPS) is 14.5. The summed E-state index contributed by atoms with van der Waals surface area (Å²) < 4.78 is 0. The van der Waals surface area contributed by atoms with Crippen LogP contribution in [0.4, 0.5) is 22.7 Å². The molecule has 2 aliphatic heterocycles. The minimum Gasteiger partial charge on any atom is -0.344 e. The summed E-state index contributed by atoms with van der Waals surface area (Å²) in [6, 6.07) is 92.6. The Morgan fingerprint density at radius 2 is 0.488 bits per heavy atom. The average molecular weight is 1070 g/mol. The van der Waals surface area contributed by atoms with Gasteiger partial charge < -0.3 is 9.80 Å². The second kappa shape index (κ2) is 16.8. The minimum absolute atomic E-state index is 0.0890. The summed E-state index contributed by atoms with van der Waals surface area (Å²) in [5.41, 5.74) is 30.9. The van der Waals surface area contributed by atoms with E-state index in [1.807, 2.05) is 0 Å². The maximum Gasteiger partial charge on any atom is 0.0496 e. The van der Waals surface area contributed by atoms with Crippen molar-refractivity contribution in [2.75, 3.05) is 23.9 Å². The molecular weight excluding hydrogens is 1010 g/mol. The van der Waals surface area contributed by atoms with E-state index in [9.17, 15) is 0 Å². The summed E-state index contributed by atoms with van der Waals surface area (Å²) in [5, 5.41) is 12.8. The van der Waals surface area contributed by atoms with E-state index in [2.05, 4.69) is 294 Å². The van der Waals surface area contributed by atoms with Crippen LogP contribution in [-0.2, 0) is 10.8 Å². The molecule has 2 heteroatoms. The predicted octanol–water partition coefficient (Wildman–Crippen LogP) is 22.2. The van der Waals surface area contributed by atoms with Gasteiger partial charge in [0.25, 0.3) is 0 Å². The topological polar surface area (TPSA) is 6.48 Å². The number of anilines is 4. The van der Waals surface area contributed by atoms with Crippen LogP contribution in [-0.4, -0.2) is 14.1 Å². The van der Waals surface area contributed by atoms with Crippen LogP contribution in [0, 0.1) is 0 Å². The first-order valence-corrected chi connectivity index (χ1v) is 29.8.